The first-order valence-corrected chi connectivity index (χ1v) is 9.69. The third-order valence-corrected chi connectivity index (χ3v) is 5.84. The van der Waals surface area contributed by atoms with E-state index in [-0.39, 0.29) is 17.6 Å². The van der Waals surface area contributed by atoms with Gasteiger partial charge >= 0.3 is 11.9 Å². The van der Waals surface area contributed by atoms with Crippen LogP contribution >= 0.6 is 0 Å². The van der Waals surface area contributed by atoms with Crippen LogP contribution in [0.15, 0.2) is 24.3 Å². The second-order valence-electron chi connectivity index (χ2n) is 7.55. The maximum absolute atomic E-state index is 12.7. The largest absolute Gasteiger partial charge is 0.478 e. The van der Waals surface area contributed by atoms with Crippen molar-refractivity contribution in [2.24, 2.45) is 11.8 Å². The standard InChI is InChI=1S/C21H28O4/c22-20(23)17-11-13-18(14-12-17)21(24)25-19(15-7-3-1-4-8-15)16-9-5-2-6-10-16/h11-16,19H,1-10H2,(H,22,23). The van der Waals surface area contributed by atoms with Crippen LogP contribution in [0.4, 0.5) is 0 Å². The van der Waals surface area contributed by atoms with E-state index < -0.39 is 5.97 Å². The van der Waals surface area contributed by atoms with Crippen LogP contribution in [0.3, 0.4) is 0 Å². The summed E-state index contributed by atoms with van der Waals surface area (Å²) in [4.78, 5) is 23.6. The summed E-state index contributed by atoms with van der Waals surface area (Å²) in [5.41, 5.74) is 0.634. The van der Waals surface area contributed by atoms with Gasteiger partial charge in [0.25, 0.3) is 0 Å². The zero-order chi connectivity index (χ0) is 17.6. The van der Waals surface area contributed by atoms with Gasteiger partial charge in [-0.3, -0.25) is 0 Å². The molecule has 1 aromatic rings. The Labute approximate surface area is 149 Å². The predicted octanol–water partition coefficient (Wildman–Crippen LogP) is 5.07. The number of carbonyl (C=O) groups excluding carboxylic acids is 1. The van der Waals surface area contributed by atoms with Crippen molar-refractivity contribution in [3.63, 3.8) is 0 Å². The summed E-state index contributed by atoms with van der Waals surface area (Å²) < 4.78 is 6.03. The molecule has 1 aromatic carbocycles. The molecule has 0 heterocycles. The van der Waals surface area contributed by atoms with E-state index >= 15 is 0 Å². The van der Waals surface area contributed by atoms with E-state index in [2.05, 4.69) is 0 Å². The summed E-state index contributed by atoms with van der Waals surface area (Å²) in [6.45, 7) is 0. The van der Waals surface area contributed by atoms with Gasteiger partial charge in [-0.25, -0.2) is 9.59 Å². The Kier molecular flexibility index (Phi) is 6.11. The van der Waals surface area contributed by atoms with Crippen molar-refractivity contribution in [2.75, 3.05) is 0 Å². The minimum atomic E-state index is -0.984. The van der Waals surface area contributed by atoms with Gasteiger partial charge in [-0.15, -0.1) is 0 Å². The molecule has 0 atom stereocenters. The zero-order valence-electron chi connectivity index (χ0n) is 14.8. The fraction of sp³-hybridized carbons (Fsp3) is 0.619. The van der Waals surface area contributed by atoms with Crippen LogP contribution in [-0.2, 0) is 4.74 Å². The van der Waals surface area contributed by atoms with Crippen molar-refractivity contribution >= 4 is 11.9 Å². The van der Waals surface area contributed by atoms with Gasteiger partial charge in [-0.1, -0.05) is 38.5 Å². The summed E-state index contributed by atoms with van der Waals surface area (Å²) in [7, 11) is 0. The van der Waals surface area contributed by atoms with Crippen molar-refractivity contribution < 1.29 is 19.4 Å². The normalized spacial score (nSPS) is 19.7. The molecule has 0 aliphatic heterocycles. The van der Waals surface area contributed by atoms with Gasteiger partial charge in [0.1, 0.15) is 6.10 Å². The molecule has 0 saturated heterocycles. The molecule has 0 aromatic heterocycles. The predicted molar refractivity (Wildman–Crippen MR) is 95.8 cm³/mol. The first-order chi connectivity index (χ1) is 12.1. The van der Waals surface area contributed by atoms with E-state index in [9.17, 15) is 9.59 Å². The molecule has 25 heavy (non-hydrogen) atoms. The van der Waals surface area contributed by atoms with E-state index in [1.807, 2.05) is 0 Å². The van der Waals surface area contributed by atoms with E-state index in [4.69, 9.17) is 9.84 Å². The highest BCUT2D eigenvalue weighted by Crippen LogP contribution is 2.37. The molecule has 0 spiro atoms. The first-order valence-electron chi connectivity index (χ1n) is 9.69. The van der Waals surface area contributed by atoms with Crippen LogP contribution in [0.25, 0.3) is 0 Å². The van der Waals surface area contributed by atoms with E-state index in [0.717, 1.165) is 25.7 Å². The van der Waals surface area contributed by atoms with Crippen molar-refractivity contribution in [2.45, 2.75) is 70.3 Å². The summed E-state index contributed by atoms with van der Waals surface area (Å²) in [6, 6.07) is 6.06. The average molecular weight is 344 g/mol. The Morgan fingerprint density at radius 1 is 0.800 bits per heavy atom. The number of ether oxygens (including phenoxy) is 1. The molecule has 2 saturated carbocycles. The fourth-order valence-corrected chi connectivity index (χ4v) is 4.44. The topological polar surface area (TPSA) is 63.6 Å². The summed E-state index contributed by atoms with van der Waals surface area (Å²) in [5, 5.41) is 8.98. The second-order valence-corrected chi connectivity index (χ2v) is 7.55. The summed E-state index contributed by atoms with van der Waals surface area (Å²) in [5.74, 6) is -0.321. The number of aromatic carboxylic acids is 1. The molecule has 0 amide bonds. The molecule has 2 aliphatic carbocycles. The molecule has 3 rings (SSSR count). The lowest BCUT2D eigenvalue weighted by Crippen LogP contribution is -2.36. The maximum Gasteiger partial charge on any atom is 0.338 e. The minimum Gasteiger partial charge on any atom is -0.478 e. The van der Waals surface area contributed by atoms with Crippen LogP contribution < -0.4 is 0 Å². The summed E-state index contributed by atoms with van der Waals surface area (Å²) >= 11 is 0. The number of rotatable bonds is 5. The first kappa shape index (κ1) is 18.0. The Balaban J connectivity index is 1.71. The van der Waals surface area contributed by atoms with Gasteiger partial charge < -0.3 is 9.84 Å². The molecule has 136 valence electrons. The molecule has 2 aliphatic rings. The van der Waals surface area contributed by atoms with E-state index in [1.54, 1.807) is 12.1 Å². The zero-order valence-corrected chi connectivity index (χ0v) is 14.8. The van der Waals surface area contributed by atoms with E-state index in [1.165, 1.54) is 50.7 Å². The molecule has 2 fully saturated rings. The van der Waals surface area contributed by atoms with Crippen LogP contribution in [0.5, 0.6) is 0 Å². The van der Waals surface area contributed by atoms with Gasteiger partial charge in [-0.2, -0.15) is 0 Å². The third-order valence-electron chi connectivity index (χ3n) is 5.84. The monoisotopic (exact) mass is 344 g/mol. The lowest BCUT2D eigenvalue weighted by Gasteiger charge is -2.37. The number of hydrogen-bond donors (Lipinski definition) is 1. The molecular weight excluding hydrogens is 316 g/mol. The number of esters is 1. The van der Waals surface area contributed by atoms with Gasteiger partial charge in [-0.05, 0) is 61.8 Å². The SMILES string of the molecule is O=C(O)c1ccc(C(=O)OC(C2CCCCC2)C2CCCCC2)cc1. The number of hydrogen-bond acceptors (Lipinski definition) is 3. The molecule has 4 nitrogen and oxygen atoms in total. The highest BCUT2D eigenvalue weighted by molar-refractivity contribution is 5.92. The Morgan fingerprint density at radius 2 is 1.24 bits per heavy atom. The number of carbonyl (C=O) groups is 2. The van der Waals surface area contributed by atoms with E-state index in [0.29, 0.717) is 17.4 Å². The van der Waals surface area contributed by atoms with Crippen molar-refractivity contribution in [1.29, 1.82) is 0 Å². The molecule has 4 heteroatoms. The lowest BCUT2D eigenvalue weighted by molar-refractivity contribution is -0.0233. The number of carboxylic acid groups (broad SMARTS) is 1. The van der Waals surface area contributed by atoms with Crippen molar-refractivity contribution in [3.8, 4) is 0 Å². The fourth-order valence-electron chi connectivity index (χ4n) is 4.44. The Morgan fingerprint density at radius 3 is 1.68 bits per heavy atom. The van der Waals surface area contributed by atoms with Crippen molar-refractivity contribution in [1.82, 2.24) is 0 Å². The molecule has 0 bridgehead atoms. The van der Waals surface area contributed by atoms with Gasteiger partial charge in [0.05, 0.1) is 11.1 Å². The molecular formula is C21H28O4. The van der Waals surface area contributed by atoms with Gasteiger partial charge in [0, 0.05) is 0 Å². The van der Waals surface area contributed by atoms with Crippen LogP contribution in [-0.4, -0.2) is 23.1 Å². The molecule has 0 unspecified atom stereocenters. The molecule has 0 radical (unpaired) electrons. The van der Waals surface area contributed by atoms with Crippen LogP contribution in [0.2, 0.25) is 0 Å². The Hall–Kier alpha value is -1.84. The van der Waals surface area contributed by atoms with Gasteiger partial charge in [0.2, 0.25) is 0 Å². The van der Waals surface area contributed by atoms with Crippen molar-refractivity contribution in [3.05, 3.63) is 35.4 Å². The minimum absolute atomic E-state index is 0.0206. The van der Waals surface area contributed by atoms with Crippen LogP contribution in [0, 0.1) is 11.8 Å². The lowest BCUT2D eigenvalue weighted by atomic mass is 9.75. The maximum atomic E-state index is 12.7. The average Bonchev–Trinajstić information content (AvgIpc) is 2.67. The number of benzene rings is 1. The Bertz CT molecular complexity index is 562. The highest BCUT2D eigenvalue weighted by Gasteiger charge is 2.34. The number of carboxylic acids is 1. The highest BCUT2D eigenvalue weighted by atomic mass is 16.5. The molecule has 1 N–H and O–H groups in total. The van der Waals surface area contributed by atoms with Crippen LogP contribution in [0.1, 0.15) is 84.9 Å². The smallest absolute Gasteiger partial charge is 0.338 e. The summed E-state index contributed by atoms with van der Waals surface area (Å²) in [6.07, 6.45) is 12.2. The van der Waals surface area contributed by atoms with Gasteiger partial charge in [0.15, 0.2) is 0 Å². The third kappa shape index (κ3) is 4.62. The quantitative estimate of drug-likeness (QED) is 0.757. The second kappa shape index (κ2) is 8.50.